The molecule has 1 saturated heterocycles. The predicted octanol–water partition coefficient (Wildman–Crippen LogP) is 2.48. The number of carbonyl (C=O) groups excluding carboxylic acids is 1. The van der Waals surface area contributed by atoms with E-state index in [1.54, 1.807) is 17.1 Å². The summed E-state index contributed by atoms with van der Waals surface area (Å²) in [6.07, 6.45) is 3.23. The van der Waals surface area contributed by atoms with Crippen LogP contribution in [0.2, 0.25) is 0 Å². The van der Waals surface area contributed by atoms with Gasteiger partial charge in [0.25, 0.3) is 5.91 Å². The van der Waals surface area contributed by atoms with Crippen LogP contribution in [0.1, 0.15) is 22.0 Å². The summed E-state index contributed by atoms with van der Waals surface area (Å²) in [6.45, 7) is 1.64. The van der Waals surface area contributed by atoms with Crippen molar-refractivity contribution in [3.8, 4) is 5.69 Å². The van der Waals surface area contributed by atoms with Gasteiger partial charge in [-0.05, 0) is 17.7 Å². The highest BCUT2D eigenvalue weighted by Gasteiger charge is 2.27. The van der Waals surface area contributed by atoms with E-state index in [0.717, 1.165) is 11.3 Å². The van der Waals surface area contributed by atoms with Crippen LogP contribution < -0.4 is 0 Å². The van der Waals surface area contributed by atoms with Gasteiger partial charge in [0.1, 0.15) is 6.10 Å². The molecule has 0 unspecified atom stereocenters. The maximum atomic E-state index is 13.1. The van der Waals surface area contributed by atoms with Crippen molar-refractivity contribution in [1.82, 2.24) is 19.9 Å². The van der Waals surface area contributed by atoms with Crippen LogP contribution in [0.3, 0.4) is 0 Å². The summed E-state index contributed by atoms with van der Waals surface area (Å²) in [4.78, 5) is 14.9. The van der Waals surface area contributed by atoms with E-state index in [2.05, 4.69) is 10.3 Å². The lowest BCUT2D eigenvalue weighted by Gasteiger charge is -2.33. The Labute approximate surface area is 145 Å². The molecule has 6 nitrogen and oxygen atoms in total. The highest BCUT2D eigenvalue weighted by Crippen LogP contribution is 2.24. The molecule has 1 aliphatic heterocycles. The molecular formula is C19H18N4O2. The molecular weight excluding hydrogens is 316 g/mol. The first kappa shape index (κ1) is 15.5. The smallest absolute Gasteiger partial charge is 0.256 e. The Bertz CT molecular complexity index is 849. The summed E-state index contributed by atoms with van der Waals surface area (Å²) in [5, 5.41) is 7.84. The number of hydrogen-bond donors (Lipinski definition) is 0. The fourth-order valence-electron chi connectivity index (χ4n) is 3.06. The van der Waals surface area contributed by atoms with E-state index in [0.29, 0.717) is 25.3 Å². The first-order chi connectivity index (χ1) is 12.3. The van der Waals surface area contributed by atoms with Crippen molar-refractivity contribution < 1.29 is 9.53 Å². The number of aromatic nitrogens is 3. The third kappa shape index (κ3) is 3.16. The van der Waals surface area contributed by atoms with Gasteiger partial charge in [0.2, 0.25) is 0 Å². The van der Waals surface area contributed by atoms with Crippen molar-refractivity contribution in [2.75, 3.05) is 19.7 Å². The van der Waals surface area contributed by atoms with Gasteiger partial charge in [-0.3, -0.25) is 4.79 Å². The molecule has 2 aromatic carbocycles. The second-order valence-corrected chi connectivity index (χ2v) is 5.89. The van der Waals surface area contributed by atoms with E-state index in [1.807, 2.05) is 59.5 Å². The summed E-state index contributed by atoms with van der Waals surface area (Å²) in [5.41, 5.74) is 2.43. The Balaban J connectivity index is 1.59. The lowest BCUT2D eigenvalue weighted by Crippen LogP contribution is -2.42. The highest BCUT2D eigenvalue weighted by atomic mass is 16.5. The van der Waals surface area contributed by atoms with Crippen LogP contribution in [0.15, 0.2) is 67.0 Å². The van der Waals surface area contributed by atoms with Gasteiger partial charge in [0, 0.05) is 6.54 Å². The Morgan fingerprint density at radius 2 is 1.88 bits per heavy atom. The lowest BCUT2D eigenvalue weighted by molar-refractivity contribution is -0.0228. The van der Waals surface area contributed by atoms with Crippen LogP contribution in [0, 0.1) is 0 Å². The van der Waals surface area contributed by atoms with E-state index < -0.39 is 0 Å². The van der Waals surface area contributed by atoms with Gasteiger partial charge >= 0.3 is 0 Å². The molecule has 1 aliphatic rings. The number of carbonyl (C=O) groups is 1. The molecule has 0 aliphatic carbocycles. The second-order valence-electron chi connectivity index (χ2n) is 5.89. The first-order valence-electron chi connectivity index (χ1n) is 8.24. The fourth-order valence-corrected chi connectivity index (χ4v) is 3.06. The van der Waals surface area contributed by atoms with E-state index in [4.69, 9.17) is 4.74 Å². The number of hydrogen-bond acceptors (Lipinski definition) is 4. The molecule has 0 radical (unpaired) electrons. The molecule has 1 atom stereocenters. The Kier molecular flexibility index (Phi) is 4.26. The Morgan fingerprint density at radius 3 is 2.68 bits per heavy atom. The summed E-state index contributed by atoms with van der Waals surface area (Å²) < 4.78 is 7.47. The van der Waals surface area contributed by atoms with Crippen molar-refractivity contribution in [3.63, 3.8) is 0 Å². The molecule has 1 aromatic heterocycles. The van der Waals surface area contributed by atoms with E-state index >= 15 is 0 Å². The zero-order chi connectivity index (χ0) is 17.1. The zero-order valence-electron chi connectivity index (χ0n) is 13.7. The topological polar surface area (TPSA) is 60.2 Å². The minimum atomic E-state index is -0.0996. The highest BCUT2D eigenvalue weighted by molar-refractivity contribution is 5.97. The monoisotopic (exact) mass is 334 g/mol. The van der Waals surface area contributed by atoms with E-state index in [9.17, 15) is 4.79 Å². The van der Waals surface area contributed by atoms with E-state index in [1.165, 1.54) is 0 Å². The molecule has 6 heteroatoms. The molecule has 0 N–H and O–H groups in total. The van der Waals surface area contributed by atoms with E-state index in [-0.39, 0.29) is 12.0 Å². The lowest BCUT2D eigenvalue weighted by atomic mass is 10.1. The number of amides is 1. The normalized spacial score (nSPS) is 17.4. The summed E-state index contributed by atoms with van der Waals surface area (Å²) in [7, 11) is 0. The van der Waals surface area contributed by atoms with Crippen molar-refractivity contribution in [3.05, 3.63) is 78.1 Å². The van der Waals surface area contributed by atoms with Crippen LogP contribution in [-0.4, -0.2) is 45.5 Å². The molecule has 3 aromatic rings. The molecule has 1 amide bonds. The van der Waals surface area contributed by atoms with Gasteiger partial charge in [-0.2, -0.15) is 0 Å². The Hall–Kier alpha value is -2.99. The molecule has 25 heavy (non-hydrogen) atoms. The van der Waals surface area contributed by atoms with Gasteiger partial charge in [0.15, 0.2) is 0 Å². The summed E-state index contributed by atoms with van der Waals surface area (Å²) >= 11 is 0. The molecule has 0 saturated carbocycles. The van der Waals surface area contributed by atoms with Crippen LogP contribution in [0.25, 0.3) is 5.69 Å². The van der Waals surface area contributed by atoms with Crippen LogP contribution in [0.4, 0.5) is 0 Å². The molecule has 0 spiro atoms. The van der Waals surface area contributed by atoms with Crippen LogP contribution >= 0.6 is 0 Å². The van der Waals surface area contributed by atoms with Gasteiger partial charge in [0.05, 0.1) is 36.8 Å². The van der Waals surface area contributed by atoms with Gasteiger partial charge in [-0.25, -0.2) is 4.68 Å². The number of morpholine rings is 1. The van der Waals surface area contributed by atoms with Gasteiger partial charge in [-0.1, -0.05) is 47.7 Å². The quantitative estimate of drug-likeness (QED) is 0.738. The number of rotatable bonds is 3. The van der Waals surface area contributed by atoms with Gasteiger partial charge < -0.3 is 9.64 Å². The third-order valence-corrected chi connectivity index (χ3v) is 4.33. The number of ether oxygens (including phenoxy) is 1. The molecule has 2 heterocycles. The fraction of sp³-hybridized carbons (Fsp3) is 0.211. The first-order valence-corrected chi connectivity index (χ1v) is 8.24. The molecule has 4 rings (SSSR count). The number of nitrogens with zero attached hydrogens (tertiary/aromatic N) is 4. The standard InChI is InChI=1S/C19H18N4O2/c24-19(16-8-4-5-9-17(16)23-11-10-20-21-23)22-12-13-25-18(14-22)15-6-2-1-3-7-15/h1-11,18H,12-14H2/t18-/m1/s1. The molecule has 0 bridgehead atoms. The van der Waals surface area contributed by atoms with Crippen LogP contribution in [0.5, 0.6) is 0 Å². The summed E-state index contributed by atoms with van der Waals surface area (Å²) in [5.74, 6) is -0.0182. The molecule has 1 fully saturated rings. The SMILES string of the molecule is O=C(c1ccccc1-n1ccnn1)N1CCO[C@@H](c2ccccc2)C1. The largest absolute Gasteiger partial charge is 0.370 e. The van der Waals surface area contributed by atoms with Crippen molar-refractivity contribution in [2.24, 2.45) is 0 Å². The average molecular weight is 334 g/mol. The average Bonchev–Trinajstić information content (AvgIpc) is 3.23. The maximum absolute atomic E-state index is 13.1. The number of benzene rings is 2. The maximum Gasteiger partial charge on any atom is 0.256 e. The summed E-state index contributed by atoms with van der Waals surface area (Å²) in [6, 6.07) is 17.5. The second kappa shape index (κ2) is 6.86. The third-order valence-electron chi connectivity index (χ3n) is 4.33. The minimum Gasteiger partial charge on any atom is -0.370 e. The predicted molar refractivity (Wildman–Crippen MR) is 92.4 cm³/mol. The zero-order valence-corrected chi connectivity index (χ0v) is 13.7. The van der Waals surface area contributed by atoms with Gasteiger partial charge in [-0.15, -0.1) is 5.10 Å². The van der Waals surface area contributed by atoms with Crippen molar-refractivity contribution in [2.45, 2.75) is 6.10 Å². The minimum absolute atomic E-state index is 0.0182. The number of para-hydroxylation sites is 1. The van der Waals surface area contributed by atoms with Crippen molar-refractivity contribution >= 4 is 5.91 Å². The Morgan fingerprint density at radius 1 is 1.08 bits per heavy atom. The van der Waals surface area contributed by atoms with Crippen LogP contribution in [-0.2, 0) is 4.74 Å². The molecule has 126 valence electrons. The van der Waals surface area contributed by atoms with Crippen molar-refractivity contribution in [1.29, 1.82) is 0 Å².